The minimum atomic E-state index is -3.81. The summed E-state index contributed by atoms with van der Waals surface area (Å²) in [4.78, 5) is 16.6. The lowest BCUT2D eigenvalue weighted by Gasteiger charge is -2.17. The summed E-state index contributed by atoms with van der Waals surface area (Å²) in [5, 5.41) is 3.13. The van der Waals surface area contributed by atoms with Crippen LogP contribution in [0.15, 0.2) is 77.8 Å². The quantitative estimate of drug-likeness (QED) is 0.618. The zero-order valence-electron chi connectivity index (χ0n) is 16.0. The summed E-state index contributed by atoms with van der Waals surface area (Å²) in [6.45, 7) is -0.338. The smallest absolute Gasteiger partial charge is 0.243 e. The van der Waals surface area contributed by atoms with Gasteiger partial charge in [-0.05, 0) is 60.5 Å². The monoisotopic (exact) mass is 439 g/mol. The first-order chi connectivity index (χ1) is 14.3. The Balaban J connectivity index is 1.66. The van der Waals surface area contributed by atoms with Crippen LogP contribution in [0.2, 0.25) is 5.02 Å². The van der Waals surface area contributed by atoms with Gasteiger partial charge in [0.05, 0.1) is 11.4 Å². The molecule has 1 N–H and O–H groups in total. The van der Waals surface area contributed by atoms with Gasteiger partial charge in [-0.15, -0.1) is 0 Å². The highest BCUT2D eigenvalue weighted by Crippen LogP contribution is 2.17. The van der Waals surface area contributed by atoms with Crippen molar-refractivity contribution in [3.63, 3.8) is 0 Å². The number of anilines is 1. The number of nitrogens with one attached hydrogen (secondary N) is 1. The number of sulfonamides is 1. The van der Waals surface area contributed by atoms with E-state index in [1.54, 1.807) is 30.5 Å². The lowest BCUT2D eigenvalue weighted by Crippen LogP contribution is -2.34. The van der Waals surface area contributed by atoms with Crippen LogP contribution in [0.25, 0.3) is 0 Å². The van der Waals surface area contributed by atoms with Crippen molar-refractivity contribution in [2.24, 2.45) is 0 Å². The van der Waals surface area contributed by atoms with Crippen molar-refractivity contribution in [3.8, 4) is 11.8 Å². The Kier molecular flexibility index (Phi) is 6.85. The van der Waals surface area contributed by atoms with E-state index in [0.29, 0.717) is 22.0 Å². The number of halogens is 1. The highest BCUT2D eigenvalue weighted by atomic mass is 35.5. The Hall–Kier alpha value is -3.18. The van der Waals surface area contributed by atoms with Crippen molar-refractivity contribution < 1.29 is 13.2 Å². The maximum atomic E-state index is 12.6. The van der Waals surface area contributed by atoms with Gasteiger partial charge in [0.2, 0.25) is 15.9 Å². The molecule has 0 unspecified atom stereocenters. The molecule has 0 radical (unpaired) electrons. The van der Waals surface area contributed by atoms with Crippen LogP contribution in [-0.4, -0.2) is 37.2 Å². The van der Waals surface area contributed by atoms with E-state index in [0.717, 1.165) is 4.31 Å². The normalized spacial score (nSPS) is 10.9. The van der Waals surface area contributed by atoms with Gasteiger partial charge < -0.3 is 5.32 Å². The molecule has 1 aromatic heterocycles. The third-order valence-electron chi connectivity index (χ3n) is 4.03. The molecule has 0 atom stereocenters. The number of aromatic nitrogens is 1. The molecule has 2 aromatic carbocycles. The van der Waals surface area contributed by atoms with Gasteiger partial charge in [0.1, 0.15) is 5.69 Å². The van der Waals surface area contributed by atoms with Crippen molar-refractivity contribution in [1.82, 2.24) is 9.29 Å². The zero-order chi connectivity index (χ0) is 21.6. The minimum absolute atomic E-state index is 0.0639. The molecule has 1 heterocycles. The number of amides is 1. The van der Waals surface area contributed by atoms with Crippen LogP contribution in [-0.2, 0) is 14.8 Å². The first kappa shape index (κ1) is 21.5. The number of carbonyl (C=O) groups is 1. The average Bonchev–Trinajstić information content (AvgIpc) is 2.73. The summed E-state index contributed by atoms with van der Waals surface area (Å²) in [6, 6.07) is 18.2. The molecule has 0 aliphatic heterocycles. The first-order valence-electron chi connectivity index (χ1n) is 8.89. The summed E-state index contributed by atoms with van der Waals surface area (Å²) in [7, 11) is -2.46. The molecule has 6 nitrogen and oxygen atoms in total. The Morgan fingerprint density at radius 1 is 1.07 bits per heavy atom. The van der Waals surface area contributed by atoms with E-state index in [1.165, 1.54) is 31.3 Å². The van der Waals surface area contributed by atoms with Crippen LogP contribution >= 0.6 is 11.6 Å². The zero-order valence-corrected chi connectivity index (χ0v) is 17.6. The van der Waals surface area contributed by atoms with Gasteiger partial charge in [0, 0.05) is 29.5 Å². The lowest BCUT2D eigenvalue weighted by atomic mass is 10.2. The van der Waals surface area contributed by atoms with Crippen molar-refractivity contribution in [2.75, 3.05) is 18.9 Å². The average molecular weight is 440 g/mol. The molecule has 152 valence electrons. The molecule has 0 saturated carbocycles. The number of likely N-dealkylation sites (N-methyl/N-ethyl adjacent to an activating group) is 1. The van der Waals surface area contributed by atoms with Gasteiger partial charge in [-0.1, -0.05) is 29.7 Å². The number of hydrogen-bond donors (Lipinski definition) is 1. The highest BCUT2D eigenvalue weighted by Gasteiger charge is 2.22. The van der Waals surface area contributed by atoms with E-state index in [2.05, 4.69) is 22.1 Å². The number of rotatable bonds is 5. The predicted octanol–water partition coefficient (Wildman–Crippen LogP) is 3.39. The molecule has 3 rings (SSSR count). The molecule has 30 heavy (non-hydrogen) atoms. The van der Waals surface area contributed by atoms with E-state index < -0.39 is 15.9 Å². The maximum Gasteiger partial charge on any atom is 0.243 e. The van der Waals surface area contributed by atoms with Gasteiger partial charge in [-0.25, -0.2) is 13.4 Å². The van der Waals surface area contributed by atoms with Crippen LogP contribution in [0.1, 0.15) is 11.3 Å². The summed E-state index contributed by atoms with van der Waals surface area (Å²) >= 11 is 5.80. The summed E-state index contributed by atoms with van der Waals surface area (Å²) in [5.74, 6) is 5.46. The third-order valence-corrected chi connectivity index (χ3v) is 6.10. The topological polar surface area (TPSA) is 79.4 Å². The van der Waals surface area contributed by atoms with Gasteiger partial charge in [0.25, 0.3) is 0 Å². The fraction of sp³-hybridized carbons (Fsp3) is 0.0909. The van der Waals surface area contributed by atoms with Crippen molar-refractivity contribution >= 4 is 33.2 Å². The Bertz CT molecular complexity index is 1200. The molecular weight excluding hydrogens is 422 g/mol. The predicted molar refractivity (Wildman–Crippen MR) is 117 cm³/mol. The van der Waals surface area contributed by atoms with Crippen LogP contribution in [0.4, 0.5) is 5.69 Å². The number of pyridine rings is 1. The molecule has 0 aliphatic carbocycles. The largest absolute Gasteiger partial charge is 0.325 e. The molecule has 8 heteroatoms. The Morgan fingerprint density at radius 3 is 2.53 bits per heavy atom. The first-order valence-corrected chi connectivity index (χ1v) is 10.7. The highest BCUT2D eigenvalue weighted by molar-refractivity contribution is 7.89. The Morgan fingerprint density at radius 2 is 1.83 bits per heavy atom. The number of hydrogen-bond acceptors (Lipinski definition) is 4. The molecule has 3 aromatic rings. The van der Waals surface area contributed by atoms with E-state index >= 15 is 0 Å². The fourth-order valence-corrected chi connectivity index (χ4v) is 3.77. The molecular formula is C22H18ClN3O3S. The van der Waals surface area contributed by atoms with Gasteiger partial charge >= 0.3 is 0 Å². The van der Waals surface area contributed by atoms with E-state index in [1.807, 2.05) is 18.2 Å². The van der Waals surface area contributed by atoms with Crippen LogP contribution < -0.4 is 5.32 Å². The van der Waals surface area contributed by atoms with Crippen molar-refractivity contribution in [2.45, 2.75) is 4.90 Å². The van der Waals surface area contributed by atoms with Crippen LogP contribution in [0.3, 0.4) is 0 Å². The third kappa shape index (κ3) is 5.67. The van der Waals surface area contributed by atoms with Crippen molar-refractivity contribution in [3.05, 3.63) is 89.2 Å². The molecule has 0 saturated heterocycles. The maximum absolute atomic E-state index is 12.6. The summed E-state index contributed by atoms with van der Waals surface area (Å²) in [5.41, 5.74) is 1.85. The summed E-state index contributed by atoms with van der Waals surface area (Å²) in [6.07, 6.45) is 1.66. The standard InChI is InChI=1S/C22H18ClN3O3S/c1-26(30(28,29)21-12-9-18(23)10-13-21)16-22(27)25-20-7-4-5-17(15-20)8-11-19-6-2-3-14-24-19/h2-7,9-10,12-15H,16H2,1H3,(H,25,27). The molecule has 0 aliphatic rings. The lowest BCUT2D eigenvalue weighted by molar-refractivity contribution is -0.116. The number of benzene rings is 2. The molecule has 0 fully saturated rings. The number of carbonyl (C=O) groups excluding carboxylic acids is 1. The van der Waals surface area contributed by atoms with Gasteiger partial charge in [-0.2, -0.15) is 4.31 Å². The second-order valence-corrected chi connectivity index (χ2v) is 8.79. The van der Waals surface area contributed by atoms with Crippen molar-refractivity contribution in [1.29, 1.82) is 0 Å². The SMILES string of the molecule is CN(CC(=O)Nc1cccc(C#Cc2ccccn2)c1)S(=O)(=O)c1ccc(Cl)cc1. The van der Waals surface area contributed by atoms with Crippen LogP contribution in [0.5, 0.6) is 0 Å². The number of nitrogens with zero attached hydrogens (tertiary/aromatic N) is 2. The van der Waals surface area contributed by atoms with Gasteiger partial charge in [-0.3, -0.25) is 4.79 Å². The van der Waals surface area contributed by atoms with Crippen LogP contribution in [0, 0.1) is 11.8 Å². The second kappa shape index (κ2) is 9.55. The fourth-order valence-electron chi connectivity index (χ4n) is 2.52. The molecule has 0 spiro atoms. The van der Waals surface area contributed by atoms with E-state index in [-0.39, 0.29) is 11.4 Å². The Labute approximate surface area is 180 Å². The minimum Gasteiger partial charge on any atom is -0.325 e. The van der Waals surface area contributed by atoms with E-state index in [4.69, 9.17) is 11.6 Å². The van der Waals surface area contributed by atoms with Gasteiger partial charge in [0.15, 0.2) is 0 Å². The van der Waals surface area contributed by atoms with E-state index in [9.17, 15) is 13.2 Å². The summed E-state index contributed by atoms with van der Waals surface area (Å²) < 4.78 is 26.2. The molecule has 0 bridgehead atoms. The second-order valence-electron chi connectivity index (χ2n) is 6.31. The molecule has 1 amide bonds.